The van der Waals surface area contributed by atoms with Crippen LogP contribution in [0.1, 0.15) is 28.8 Å². The number of aromatic nitrogens is 1. The van der Waals surface area contributed by atoms with Gasteiger partial charge in [0.1, 0.15) is 6.04 Å². The summed E-state index contributed by atoms with van der Waals surface area (Å²) in [6.07, 6.45) is 5.62. The van der Waals surface area contributed by atoms with Crippen molar-refractivity contribution in [3.05, 3.63) is 66.0 Å². The first-order chi connectivity index (χ1) is 12.7. The molecule has 2 heterocycles. The molecule has 0 bridgehead atoms. The molecular weight excluding hydrogens is 399 g/mol. The molecule has 1 aliphatic heterocycles. The first-order valence-electron chi connectivity index (χ1n) is 8.98. The Bertz CT molecular complexity index is 726. The van der Waals surface area contributed by atoms with E-state index in [9.17, 15) is 9.59 Å². The van der Waals surface area contributed by atoms with Crippen molar-refractivity contribution in [2.24, 2.45) is 0 Å². The van der Waals surface area contributed by atoms with Crippen molar-refractivity contribution in [3.8, 4) is 0 Å². The minimum absolute atomic E-state index is 0. The first-order valence-corrected chi connectivity index (χ1v) is 8.98. The number of hydrogen-bond acceptors (Lipinski definition) is 4. The zero-order valence-electron chi connectivity index (χ0n) is 15.5. The van der Waals surface area contributed by atoms with Crippen LogP contribution in [-0.2, 0) is 11.2 Å². The second-order valence-corrected chi connectivity index (χ2v) is 6.49. The van der Waals surface area contributed by atoms with Gasteiger partial charge >= 0.3 is 0 Å². The van der Waals surface area contributed by atoms with E-state index in [1.807, 2.05) is 18.2 Å². The molecule has 2 aromatic rings. The summed E-state index contributed by atoms with van der Waals surface area (Å²) in [6.45, 7) is 1.79. The quantitative estimate of drug-likeness (QED) is 0.662. The van der Waals surface area contributed by atoms with E-state index in [4.69, 9.17) is 0 Å². The Morgan fingerprint density at radius 2 is 1.79 bits per heavy atom. The Labute approximate surface area is 177 Å². The minimum atomic E-state index is -0.637. The van der Waals surface area contributed by atoms with Crippen LogP contribution in [0.15, 0.2) is 54.9 Å². The number of hydrogen-bond donors (Lipinski definition) is 3. The Morgan fingerprint density at radius 1 is 1.07 bits per heavy atom. The van der Waals surface area contributed by atoms with Gasteiger partial charge in [0, 0.05) is 30.4 Å². The Morgan fingerprint density at radius 3 is 2.43 bits per heavy atom. The van der Waals surface area contributed by atoms with Crippen LogP contribution in [0.25, 0.3) is 0 Å². The molecule has 6 nitrogen and oxygen atoms in total. The number of nitrogens with zero attached hydrogens (tertiary/aromatic N) is 1. The molecule has 8 heteroatoms. The molecule has 1 saturated heterocycles. The summed E-state index contributed by atoms with van der Waals surface area (Å²) in [4.78, 5) is 29.4. The van der Waals surface area contributed by atoms with Gasteiger partial charge < -0.3 is 16.0 Å². The summed E-state index contributed by atoms with van der Waals surface area (Å²) in [6, 6.07) is 12.2. The first kappa shape index (κ1) is 23.9. The van der Waals surface area contributed by atoms with Crippen molar-refractivity contribution in [1.82, 2.24) is 20.9 Å². The third kappa shape index (κ3) is 7.11. The minimum Gasteiger partial charge on any atom is -0.351 e. The van der Waals surface area contributed by atoms with E-state index in [1.54, 1.807) is 36.7 Å². The predicted octanol–water partition coefficient (Wildman–Crippen LogP) is 2.13. The number of amides is 2. The lowest BCUT2D eigenvalue weighted by molar-refractivity contribution is -0.123. The van der Waals surface area contributed by atoms with Crippen molar-refractivity contribution >= 4 is 36.6 Å². The Hall–Kier alpha value is -2.15. The molecule has 0 radical (unpaired) electrons. The van der Waals surface area contributed by atoms with Gasteiger partial charge in [0.05, 0.1) is 0 Å². The van der Waals surface area contributed by atoms with Crippen LogP contribution < -0.4 is 16.0 Å². The molecule has 1 aromatic carbocycles. The number of carbonyl (C=O) groups is 2. The number of pyridine rings is 1. The highest BCUT2D eigenvalue weighted by molar-refractivity contribution is 5.97. The summed E-state index contributed by atoms with van der Waals surface area (Å²) < 4.78 is 0. The zero-order valence-corrected chi connectivity index (χ0v) is 17.1. The fraction of sp³-hybridized carbons (Fsp3) is 0.350. The zero-order chi connectivity index (χ0) is 18.2. The van der Waals surface area contributed by atoms with Crippen LogP contribution in [0.2, 0.25) is 0 Å². The highest BCUT2D eigenvalue weighted by Crippen LogP contribution is 2.07. The van der Waals surface area contributed by atoms with Gasteiger partial charge in [-0.15, -0.1) is 24.8 Å². The molecule has 3 rings (SSSR count). The van der Waals surface area contributed by atoms with Gasteiger partial charge in [-0.1, -0.05) is 24.3 Å². The van der Waals surface area contributed by atoms with E-state index < -0.39 is 6.04 Å². The van der Waals surface area contributed by atoms with Crippen LogP contribution >= 0.6 is 24.8 Å². The average Bonchev–Trinajstić information content (AvgIpc) is 2.69. The standard InChI is InChI=1S/C20H24N4O2.2ClH/c25-19(16-6-2-1-3-7-16)24-18(13-15-5-4-10-22-14-15)20(26)23-17-8-11-21-12-9-17;;/h1-7,10,14,17-18,21H,8-9,11-13H2,(H,23,26)(H,24,25);2*1H. The Kier molecular flexibility index (Phi) is 10.5. The molecule has 1 aliphatic rings. The predicted molar refractivity (Wildman–Crippen MR) is 114 cm³/mol. The maximum absolute atomic E-state index is 12.8. The van der Waals surface area contributed by atoms with E-state index in [-0.39, 0.29) is 42.7 Å². The van der Waals surface area contributed by atoms with Crippen LogP contribution in [0.4, 0.5) is 0 Å². The number of benzene rings is 1. The lowest BCUT2D eigenvalue weighted by atomic mass is 10.0. The molecular formula is C20H26Cl2N4O2. The van der Waals surface area contributed by atoms with Crippen LogP contribution in [0, 0.1) is 0 Å². The van der Waals surface area contributed by atoms with Gasteiger partial charge in [0.2, 0.25) is 5.91 Å². The van der Waals surface area contributed by atoms with Gasteiger partial charge in [-0.05, 0) is 49.7 Å². The van der Waals surface area contributed by atoms with Crippen LogP contribution in [0.5, 0.6) is 0 Å². The van der Waals surface area contributed by atoms with Gasteiger partial charge in [-0.2, -0.15) is 0 Å². The van der Waals surface area contributed by atoms with E-state index in [2.05, 4.69) is 20.9 Å². The topological polar surface area (TPSA) is 83.1 Å². The average molecular weight is 425 g/mol. The lowest BCUT2D eigenvalue weighted by Gasteiger charge is -2.26. The highest BCUT2D eigenvalue weighted by atomic mass is 35.5. The molecule has 0 saturated carbocycles. The number of halogens is 2. The van der Waals surface area contributed by atoms with Crippen LogP contribution in [0.3, 0.4) is 0 Å². The third-order valence-corrected chi connectivity index (χ3v) is 4.51. The molecule has 1 atom stereocenters. The fourth-order valence-corrected chi connectivity index (χ4v) is 3.06. The number of nitrogens with one attached hydrogen (secondary N) is 3. The highest BCUT2D eigenvalue weighted by Gasteiger charge is 2.25. The Balaban J connectivity index is 0.00000196. The fourth-order valence-electron chi connectivity index (χ4n) is 3.06. The molecule has 28 heavy (non-hydrogen) atoms. The smallest absolute Gasteiger partial charge is 0.251 e. The maximum atomic E-state index is 12.8. The molecule has 1 unspecified atom stereocenters. The lowest BCUT2D eigenvalue weighted by Crippen LogP contribution is -2.52. The molecule has 1 aromatic heterocycles. The number of carbonyl (C=O) groups excluding carboxylic acids is 2. The van der Waals surface area contributed by atoms with Gasteiger partial charge in [0.15, 0.2) is 0 Å². The second-order valence-electron chi connectivity index (χ2n) is 6.49. The van der Waals surface area contributed by atoms with Gasteiger partial charge in [0.25, 0.3) is 5.91 Å². The molecule has 3 N–H and O–H groups in total. The van der Waals surface area contributed by atoms with Crippen molar-refractivity contribution in [2.75, 3.05) is 13.1 Å². The van der Waals surface area contributed by atoms with Crippen molar-refractivity contribution in [1.29, 1.82) is 0 Å². The van der Waals surface area contributed by atoms with Crippen molar-refractivity contribution < 1.29 is 9.59 Å². The second kappa shape index (κ2) is 12.3. The van der Waals surface area contributed by atoms with Crippen LogP contribution in [-0.4, -0.2) is 42.0 Å². The van der Waals surface area contributed by atoms with Gasteiger partial charge in [-0.3, -0.25) is 14.6 Å². The molecule has 2 amide bonds. The monoisotopic (exact) mass is 424 g/mol. The summed E-state index contributed by atoms with van der Waals surface area (Å²) in [5.74, 6) is -0.398. The summed E-state index contributed by atoms with van der Waals surface area (Å²) >= 11 is 0. The summed E-state index contributed by atoms with van der Waals surface area (Å²) in [7, 11) is 0. The normalized spacial score (nSPS) is 14.7. The SMILES string of the molecule is Cl.Cl.O=C(NC(Cc1cccnc1)C(=O)NC1CCNCC1)c1ccccc1. The van der Waals surface area contributed by atoms with E-state index in [0.717, 1.165) is 31.5 Å². The number of piperidine rings is 1. The van der Waals surface area contributed by atoms with E-state index in [0.29, 0.717) is 12.0 Å². The van der Waals surface area contributed by atoms with Crippen molar-refractivity contribution in [2.45, 2.75) is 31.3 Å². The third-order valence-electron chi connectivity index (χ3n) is 4.51. The van der Waals surface area contributed by atoms with E-state index >= 15 is 0 Å². The number of rotatable bonds is 6. The van der Waals surface area contributed by atoms with Crippen molar-refractivity contribution in [3.63, 3.8) is 0 Å². The van der Waals surface area contributed by atoms with E-state index in [1.165, 1.54) is 0 Å². The van der Waals surface area contributed by atoms with Gasteiger partial charge in [-0.25, -0.2) is 0 Å². The summed E-state index contributed by atoms with van der Waals surface area (Å²) in [5.41, 5.74) is 1.45. The molecule has 0 aliphatic carbocycles. The molecule has 152 valence electrons. The maximum Gasteiger partial charge on any atom is 0.251 e. The largest absolute Gasteiger partial charge is 0.351 e. The summed E-state index contributed by atoms with van der Waals surface area (Å²) in [5, 5.41) is 9.24. The molecule has 1 fully saturated rings. The molecule has 0 spiro atoms.